The number of piperidine rings is 1. The molecule has 1 saturated heterocycles. The lowest BCUT2D eigenvalue weighted by atomic mass is 9.89. The SMILES string of the molecule is CON1c2cc(CN3CCC(CCC(C)C(=O)O)CC3)ccc2Sc2nccnc21. The standard InChI is InChI=1S/C22H28N4O3S/c1-15(22(27)28)3-4-16-7-11-25(12-8-16)14-17-5-6-19-18(13-17)26(29-2)20-21(30-19)24-10-9-23-20/h5-6,9-10,13,15-16H,3-4,7-8,11-12,14H2,1-2H3,(H,27,28). The summed E-state index contributed by atoms with van der Waals surface area (Å²) in [5, 5.41) is 11.7. The topological polar surface area (TPSA) is 78.8 Å². The third kappa shape index (κ3) is 4.61. The summed E-state index contributed by atoms with van der Waals surface area (Å²) < 4.78 is 0. The van der Waals surface area contributed by atoms with Crippen LogP contribution >= 0.6 is 11.8 Å². The third-order valence-electron chi connectivity index (χ3n) is 6.01. The van der Waals surface area contributed by atoms with Gasteiger partial charge in [0.2, 0.25) is 0 Å². The molecule has 2 aromatic rings. The Kier molecular flexibility index (Phi) is 6.55. The summed E-state index contributed by atoms with van der Waals surface area (Å²) in [6.07, 6.45) is 7.45. The van der Waals surface area contributed by atoms with E-state index in [1.165, 1.54) is 5.56 Å². The molecule has 0 aliphatic carbocycles. The number of aromatic nitrogens is 2. The molecule has 3 heterocycles. The zero-order valence-corrected chi connectivity index (χ0v) is 18.3. The summed E-state index contributed by atoms with van der Waals surface area (Å²) in [5.41, 5.74) is 2.26. The van der Waals surface area contributed by atoms with Gasteiger partial charge in [0.15, 0.2) is 5.82 Å². The zero-order valence-electron chi connectivity index (χ0n) is 17.5. The number of carboxylic acid groups (broad SMARTS) is 1. The zero-order chi connectivity index (χ0) is 21.1. The summed E-state index contributed by atoms with van der Waals surface area (Å²) in [7, 11) is 1.65. The molecule has 0 saturated carbocycles. The molecular formula is C22H28N4O3S. The summed E-state index contributed by atoms with van der Waals surface area (Å²) in [4.78, 5) is 29.1. The molecular weight excluding hydrogens is 400 g/mol. The van der Waals surface area contributed by atoms with Crippen LogP contribution in [0.2, 0.25) is 0 Å². The van der Waals surface area contributed by atoms with Crippen LogP contribution in [-0.4, -0.2) is 46.1 Å². The fraction of sp³-hybridized carbons (Fsp3) is 0.500. The van der Waals surface area contributed by atoms with E-state index in [0.29, 0.717) is 5.92 Å². The van der Waals surface area contributed by atoms with Crippen molar-refractivity contribution in [3.05, 3.63) is 36.2 Å². The van der Waals surface area contributed by atoms with Gasteiger partial charge in [-0.15, -0.1) is 0 Å². The Morgan fingerprint density at radius 1 is 1.30 bits per heavy atom. The van der Waals surface area contributed by atoms with E-state index in [4.69, 9.17) is 9.94 Å². The van der Waals surface area contributed by atoms with E-state index >= 15 is 0 Å². The molecule has 0 bridgehead atoms. The first-order chi connectivity index (χ1) is 14.5. The van der Waals surface area contributed by atoms with Crippen LogP contribution < -0.4 is 5.06 Å². The lowest BCUT2D eigenvalue weighted by Crippen LogP contribution is -2.33. The van der Waals surface area contributed by atoms with Gasteiger partial charge in [-0.2, -0.15) is 5.06 Å². The van der Waals surface area contributed by atoms with E-state index in [1.54, 1.807) is 43.3 Å². The molecule has 8 heteroatoms. The largest absolute Gasteiger partial charge is 0.481 e. The number of nitrogens with zero attached hydrogens (tertiary/aromatic N) is 4. The van der Waals surface area contributed by atoms with E-state index < -0.39 is 5.97 Å². The molecule has 160 valence electrons. The van der Waals surface area contributed by atoms with Crippen LogP contribution in [0.3, 0.4) is 0 Å². The molecule has 1 aromatic carbocycles. The van der Waals surface area contributed by atoms with Crippen LogP contribution in [0.25, 0.3) is 0 Å². The lowest BCUT2D eigenvalue weighted by Gasteiger charge is -2.33. The van der Waals surface area contributed by atoms with Crippen LogP contribution in [0, 0.1) is 11.8 Å². The van der Waals surface area contributed by atoms with Gasteiger partial charge in [0.05, 0.1) is 18.7 Å². The Labute approximate surface area is 181 Å². The van der Waals surface area contributed by atoms with Crippen molar-refractivity contribution >= 4 is 29.2 Å². The van der Waals surface area contributed by atoms with Crippen molar-refractivity contribution in [3.63, 3.8) is 0 Å². The highest BCUT2D eigenvalue weighted by Gasteiger charge is 2.27. The van der Waals surface area contributed by atoms with Gasteiger partial charge in [-0.05, 0) is 62.4 Å². The third-order valence-corrected chi connectivity index (χ3v) is 7.06. The number of rotatable bonds is 7. The molecule has 7 nitrogen and oxygen atoms in total. The second kappa shape index (κ2) is 9.32. The predicted octanol–water partition coefficient (Wildman–Crippen LogP) is 4.35. The van der Waals surface area contributed by atoms with Crippen molar-refractivity contribution in [2.75, 3.05) is 25.3 Å². The number of carboxylic acids is 1. The van der Waals surface area contributed by atoms with Crippen molar-refractivity contribution in [1.82, 2.24) is 14.9 Å². The number of benzene rings is 1. The molecule has 2 aliphatic rings. The van der Waals surface area contributed by atoms with Gasteiger partial charge in [0.25, 0.3) is 0 Å². The van der Waals surface area contributed by atoms with Gasteiger partial charge in [-0.3, -0.25) is 14.5 Å². The minimum absolute atomic E-state index is 0.241. The van der Waals surface area contributed by atoms with E-state index in [9.17, 15) is 4.79 Å². The highest BCUT2D eigenvalue weighted by atomic mass is 32.2. The van der Waals surface area contributed by atoms with Gasteiger partial charge in [-0.1, -0.05) is 24.8 Å². The lowest BCUT2D eigenvalue weighted by molar-refractivity contribution is -0.141. The maximum Gasteiger partial charge on any atom is 0.306 e. The van der Waals surface area contributed by atoms with Crippen molar-refractivity contribution < 1.29 is 14.7 Å². The van der Waals surface area contributed by atoms with Crippen molar-refractivity contribution in [3.8, 4) is 0 Å². The Morgan fingerprint density at radius 2 is 2.07 bits per heavy atom. The highest BCUT2D eigenvalue weighted by Crippen LogP contribution is 2.46. The number of hydrogen-bond donors (Lipinski definition) is 1. The number of fused-ring (bicyclic) bond motifs is 2. The highest BCUT2D eigenvalue weighted by molar-refractivity contribution is 7.99. The summed E-state index contributed by atoms with van der Waals surface area (Å²) in [5.74, 6) is 0.444. The smallest absolute Gasteiger partial charge is 0.306 e. The fourth-order valence-electron chi connectivity index (χ4n) is 4.14. The first-order valence-electron chi connectivity index (χ1n) is 10.5. The second-order valence-electron chi connectivity index (χ2n) is 8.10. The minimum atomic E-state index is -0.684. The van der Waals surface area contributed by atoms with Crippen molar-refractivity contribution in [1.29, 1.82) is 0 Å². The van der Waals surface area contributed by atoms with Gasteiger partial charge in [-0.25, -0.2) is 9.97 Å². The van der Waals surface area contributed by atoms with E-state index in [-0.39, 0.29) is 5.92 Å². The van der Waals surface area contributed by atoms with E-state index in [0.717, 1.165) is 66.7 Å². The molecule has 0 spiro atoms. The summed E-state index contributed by atoms with van der Waals surface area (Å²) in [6.45, 7) is 4.82. The Bertz CT molecular complexity index is 902. The quantitative estimate of drug-likeness (QED) is 0.697. The molecule has 1 N–H and O–H groups in total. The predicted molar refractivity (Wildman–Crippen MR) is 116 cm³/mol. The summed E-state index contributed by atoms with van der Waals surface area (Å²) >= 11 is 1.62. The number of anilines is 2. The summed E-state index contributed by atoms with van der Waals surface area (Å²) in [6, 6.07) is 6.50. The molecule has 1 aromatic heterocycles. The Balaban J connectivity index is 1.37. The van der Waals surface area contributed by atoms with Crippen LogP contribution in [0.5, 0.6) is 0 Å². The second-order valence-corrected chi connectivity index (χ2v) is 9.13. The van der Waals surface area contributed by atoms with Gasteiger partial charge in [0, 0.05) is 23.8 Å². The maximum atomic E-state index is 11.0. The molecule has 0 amide bonds. The monoisotopic (exact) mass is 428 g/mol. The average Bonchev–Trinajstić information content (AvgIpc) is 2.76. The van der Waals surface area contributed by atoms with E-state index in [2.05, 4.69) is 33.1 Å². The number of carbonyl (C=O) groups is 1. The molecule has 1 unspecified atom stereocenters. The van der Waals surface area contributed by atoms with Crippen LogP contribution in [-0.2, 0) is 16.2 Å². The molecule has 2 aliphatic heterocycles. The molecule has 1 atom stereocenters. The molecule has 0 radical (unpaired) electrons. The molecule has 4 rings (SSSR count). The van der Waals surface area contributed by atoms with Crippen molar-refractivity contribution in [2.45, 2.75) is 49.1 Å². The average molecular weight is 429 g/mol. The van der Waals surface area contributed by atoms with Crippen LogP contribution in [0.15, 0.2) is 40.5 Å². The Morgan fingerprint density at radius 3 is 2.80 bits per heavy atom. The van der Waals surface area contributed by atoms with Gasteiger partial charge >= 0.3 is 5.97 Å². The van der Waals surface area contributed by atoms with Crippen LogP contribution in [0.4, 0.5) is 11.5 Å². The minimum Gasteiger partial charge on any atom is -0.481 e. The fourth-order valence-corrected chi connectivity index (χ4v) is 5.07. The van der Waals surface area contributed by atoms with Gasteiger partial charge in [0.1, 0.15) is 5.03 Å². The first-order valence-corrected chi connectivity index (χ1v) is 11.3. The Hall–Kier alpha value is -2.16. The number of aliphatic carboxylic acids is 1. The molecule has 1 fully saturated rings. The maximum absolute atomic E-state index is 11.0. The molecule has 30 heavy (non-hydrogen) atoms. The normalized spacial score (nSPS) is 18.0. The van der Waals surface area contributed by atoms with Crippen LogP contribution in [0.1, 0.15) is 38.2 Å². The van der Waals surface area contributed by atoms with Crippen molar-refractivity contribution in [2.24, 2.45) is 11.8 Å². The number of hydrogen-bond acceptors (Lipinski definition) is 7. The van der Waals surface area contributed by atoms with E-state index in [1.807, 2.05) is 0 Å². The van der Waals surface area contributed by atoms with Gasteiger partial charge < -0.3 is 5.11 Å². The first kappa shape index (κ1) is 21.1. The number of likely N-dealkylation sites (tertiary alicyclic amines) is 1.